The van der Waals surface area contributed by atoms with Crippen molar-refractivity contribution in [2.45, 2.75) is 19.4 Å². The fraction of sp³-hybridized carbons (Fsp3) is 0.227. The zero-order valence-corrected chi connectivity index (χ0v) is 15.7. The quantitative estimate of drug-likeness (QED) is 0.682. The Morgan fingerprint density at radius 2 is 1.93 bits per heavy atom. The van der Waals surface area contributed by atoms with Crippen LogP contribution in [0.25, 0.3) is 22.4 Å². The van der Waals surface area contributed by atoms with Crippen LogP contribution in [0.2, 0.25) is 0 Å². The number of rotatable bonds is 2. The molecule has 0 saturated heterocycles. The first-order valence-electron chi connectivity index (χ1n) is 9.27. The molecule has 3 aromatic rings. The zero-order valence-electron chi connectivity index (χ0n) is 14.9. The molecule has 0 spiro atoms. The summed E-state index contributed by atoms with van der Waals surface area (Å²) in [6, 6.07) is 14.4. The van der Waals surface area contributed by atoms with Crippen LogP contribution in [0, 0.1) is 0 Å². The molecule has 0 N–H and O–H groups in total. The Balaban J connectivity index is 1.87. The Hall–Kier alpha value is -2.66. The minimum atomic E-state index is 0.0644. The maximum atomic E-state index is 13.4. The molecule has 4 heterocycles. The number of aliphatic imine (C=N–C) groups is 1. The average Bonchev–Trinajstić information content (AvgIpc) is 3.17. The summed E-state index contributed by atoms with van der Waals surface area (Å²) < 4.78 is 1.95. The smallest absolute Gasteiger partial charge is 0.261 e. The van der Waals surface area contributed by atoms with Crippen molar-refractivity contribution in [3.63, 3.8) is 0 Å². The van der Waals surface area contributed by atoms with Gasteiger partial charge in [0.1, 0.15) is 5.04 Å². The summed E-state index contributed by atoms with van der Waals surface area (Å²) >= 11 is 1.68. The Bertz CT molecular complexity index is 1100. The van der Waals surface area contributed by atoms with Crippen molar-refractivity contribution in [3.8, 4) is 22.4 Å². The molecular weight excluding hydrogens is 354 g/mol. The lowest BCUT2D eigenvalue weighted by Gasteiger charge is -2.18. The second-order valence-electron chi connectivity index (χ2n) is 6.81. The summed E-state index contributed by atoms with van der Waals surface area (Å²) in [6.45, 7) is 1.50. The molecule has 5 rings (SSSR count). The van der Waals surface area contributed by atoms with Gasteiger partial charge in [0.05, 0.1) is 11.3 Å². The van der Waals surface area contributed by atoms with Crippen LogP contribution in [0.4, 0.5) is 0 Å². The van der Waals surface area contributed by atoms with Crippen molar-refractivity contribution in [2.24, 2.45) is 4.99 Å². The number of aromatic nitrogens is 2. The van der Waals surface area contributed by atoms with Gasteiger partial charge in [-0.05, 0) is 36.1 Å². The summed E-state index contributed by atoms with van der Waals surface area (Å²) in [5, 5.41) is 0.878. The number of benzene rings is 1. The van der Waals surface area contributed by atoms with Gasteiger partial charge in [-0.1, -0.05) is 30.3 Å². The van der Waals surface area contributed by atoms with Gasteiger partial charge in [-0.25, -0.2) is 0 Å². The lowest BCUT2D eigenvalue weighted by Crippen LogP contribution is -2.27. The van der Waals surface area contributed by atoms with Crippen molar-refractivity contribution < 1.29 is 0 Å². The van der Waals surface area contributed by atoms with Crippen molar-refractivity contribution in [2.75, 3.05) is 12.3 Å². The Kier molecular flexibility index (Phi) is 4.17. The summed E-state index contributed by atoms with van der Waals surface area (Å²) in [5.74, 6) is 0.948. The number of hydrogen-bond donors (Lipinski definition) is 0. The maximum Gasteiger partial charge on any atom is 0.261 e. The topological polar surface area (TPSA) is 47.2 Å². The van der Waals surface area contributed by atoms with Gasteiger partial charge in [-0.15, -0.1) is 11.8 Å². The molecule has 2 aliphatic rings. The van der Waals surface area contributed by atoms with Crippen molar-refractivity contribution >= 4 is 16.8 Å². The van der Waals surface area contributed by atoms with E-state index in [9.17, 15) is 4.79 Å². The summed E-state index contributed by atoms with van der Waals surface area (Å²) in [4.78, 5) is 22.3. The molecular formula is C22H19N3OS. The van der Waals surface area contributed by atoms with E-state index in [0.29, 0.717) is 6.54 Å². The molecule has 0 radical (unpaired) electrons. The molecule has 0 unspecified atom stereocenters. The Morgan fingerprint density at radius 1 is 1.04 bits per heavy atom. The minimum Gasteiger partial charge on any atom is -0.307 e. The monoisotopic (exact) mass is 373 g/mol. The SMILES string of the molecule is O=c1c(C2=NCCS2)cc(-c2ccccc2)c2n1CCCc1ccncc1-2. The van der Waals surface area contributed by atoms with Gasteiger partial charge in [0.25, 0.3) is 5.56 Å². The molecule has 0 saturated carbocycles. The van der Waals surface area contributed by atoms with Gasteiger partial charge in [0.2, 0.25) is 0 Å². The van der Waals surface area contributed by atoms with Crippen LogP contribution in [0.3, 0.4) is 0 Å². The Labute approximate surface area is 162 Å². The van der Waals surface area contributed by atoms with Crippen LogP contribution in [0.15, 0.2) is 64.6 Å². The third-order valence-electron chi connectivity index (χ3n) is 5.18. The van der Waals surface area contributed by atoms with Crippen LogP contribution in [0.5, 0.6) is 0 Å². The van der Waals surface area contributed by atoms with E-state index in [4.69, 9.17) is 0 Å². The van der Waals surface area contributed by atoms with Crippen molar-refractivity contribution in [3.05, 3.63) is 76.3 Å². The molecule has 0 atom stereocenters. The molecule has 0 bridgehead atoms. The van der Waals surface area contributed by atoms with Crippen molar-refractivity contribution in [1.82, 2.24) is 9.55 Å². The number of hydrogen-bond acceptors (Lipinski definition) is 4. The van der Waals surface area contributed by atoms with E-state index in [1.165, 1.54) is 5.56 Å². The molecule has 0 amide bonds. The largest absolute Gasteiger partial charge is 0.307 e. The van der Waals surface area contributed by atoms with Crippen LogP contribution < -0.4 is 5.56 Å². The predicted molar refractivity (Wildman–Crippen MR) is 112 cm³/mol. The van der Waals surface area contributed by atoms with Gasteiger partial charge in [-0.3, -0.25) is 14.8 Å². The molecule has 0 aliphatic carbocycles. The van der Waals surface area contributed by atoms with Gasteiger partial charge in [0, 0.05) is 42.4 Å². The molecule has 2 aromatic heterocycles. The first-order valence-corrected chi connectivity index (χ1v) is 10.3. The van der Waals surface area contributed by atoms with E-state index in [-0.39, 0.29) is 5.56 Å². The molecule has 134 valence electrons. The molecule has 1 aromatic carbocycles. The maximum absolute atomic E-state index is 13.4. The molecule has 4 nitrogen and oxygen atoms in total. The van der Waals surface area contributed by atoms with E-state index in [1.807, 2.05) is 41.2 Å². The van der Waals surface area contributed by atoms with E-state index in [2.05, 4.69) is 28.2 Å². The third kappa shape index (κ3) is 2.82. The number of thioether (sulfide) groups is 1. The molecule has 27 heavy (non-hydrogen) atoms. The van der Waals surface area contributed by atoms with Gasteiger partial charge < -0.3 is 4.57 Å². The molecule has 5 heteroatoms. The lowest BCUT2D eigenvalue weighted by molar-refractivity contribution is 0.641. The standard InChI is InChI=1S/C22H19N3OS/c26-22-18(21-24-10-12-27-21)13-17(15-5-2-1-3-6-15)20-19-14-23-9-8-16(19)7-4-11-25(20)22/h1-3,5-6,8-9,13-14H,4,7,10-12H2. The summed E-state index contributed by atoms with van der Waals surface area (Å²) in [5.41, 5.74) is 6.30. The number of aryl methyl sites for hydroxylation is 1. The lowest BCUT2D eigenvalue weighted by atomic mass is 9.95. The number of nitrogens with zero attached hydrogens (tertiary/aromatic N) is 3. The van der Waals surface area contributed by atoms with E-state index >= 15 is 0 Å². The van der Waals surface area contributed by atoms with Gasteiger partial charge in [0.15, 0.2) is 0 Å². The second-order valence-corrected chi connectivity index (χ2v) is 7.90. The average molecular weight is 373 g/mol. The van der Waals surface area contributed by atoms with Crippen LogP contribution in [0.1, 0.15) is 17.5 Å². The normalized spacial score (nSPS) is 15.6. The number of fused-ring (bicyclic) bond motifs is 3. The minimum absolute atomic E-state index is 0.0644. The van der Waals surface area contributed by atoms with E-state index in [0.717, 1.165) is 58.1 Å². The first-order chi connectivity index (χ1) is 13.3. The highest BCUT2D eigenvalue weighted by Crippen LogP contribution is 2.36. The fourth-order valence-electron chi connectivity index (χ4n) is 3.94. The summed E-state index contributed by atoms with van der Waals surface area (Å²) in [6.07, 6.45) is 5.65. The second kappa shape index (κ2) is 6.82. The highest BCUT2D eigenvalue weighted by atomic mass is 32.2. The van der Waals surface area contributed by atoms with Gasteiger partial charge in [-0.2, -0.15) is 0 Å². The first kappa shape index (κ1) is 16.5. The fourth-order valence-corrected chi connectivity index (χ4v) is 4.80. The van der Waals surface area contributed by atoms with E-state index < -0.39 is 0 Å². The van der Waals surface area contributed by atoms with Crippen molar-refractivity contribution in [1.29, 1.82) is 0 Å². The highest BCUT2D eigenvalue weighted by Gasteiger charge is 2.24. The predicted octanol–water partition coefficient (Wildman–Crippen LogP) is 4.02. The summed E-state index contributed by atoms with van der Waals surface area (Å²) in [7, 11) is 0. The van der Waals surface area contributed by atoms with E-state index in [1.54, 1.807) is 11.8 Å². The highest BCUT2D eigenvalue weighted by molar-refractivity contribution is 8.14. The van der Waals surface area contributed by atoms with Crippen LogP contribution in [-0.4, -0.2) is 26.9 Å². The van der Waals surface area contributed by atoms with Gasteiger partial charge >= 0.3 is 0 Å². The zero-order chi connectivity index (χ0) is 18.2. The van der Waals surface area contributed by atoms with Crippen LogP contribution in [-0.2, 0) is 13.0 Å². The third-order valence-corrected chi connectivity index (χ3v) is 6.19. The Morgan fingerprint density at radius 3 is 2.74 bits per heavy atom. The van der Waals surface area contributed by atoms with Crippen LogP contribution >= 0.6 is 11.8 Å². The molecule has 2 aliphatic heterocycles. The number of pyridine rings is 2. The molecule has 0 fully saturated rings.